The van der Waals surface area contributed by atoms with Crippen LogP contribution in [0.5, 0.6) is 5.75 Å². The number of nitrogens with one attached hydrogen (secondary N) is 1. The van der Waals surface area contributed by atoms with Gasteiger partial charge in [0.1, 0.15) is 11.3 Å². The number of aryl methyl sites for hydroxylation is 1. The van der Waals surface area contributed by atoms with Crippen LogP contribution >= 0.6 is 15.9 Å². The Bertz CT molecular complexity index is 731. The summed E-state index contributed by atoms with van der Waals surface area (Å²) in [7, 11) is 0. The van der Waals surface area contributed by atoms with Crippen molar-refractivity contribution in [3.63, 3.8) is 0 Å². The highest BCUT2D eigenvalue weighted by Crippen LogP contribution is 2.28. The lowest BCUT2D eigenvalue weighted by atomic mass is 10.1. The number of anilines is 1. The second kappa shape index (κ2) is 5.92. The van der Waals surface area contributed by atoms with Crippen molar-refractivity contribution in [1.29, 1.82) is 0 Å². The molecule has 0 bridgehead atoms. The van der Waals surface area contributed by atoms with Crippen LogP contribution < -0.4 is 5.32 Å². The third-order valence-electron chi connectivity index (χ3n) is 2.86. The molecule has 2 aromatic carbocycles. The molecule has 0 aliphatic heterocycles. The van der Waals surface area contributed by atoms with Crippen LogP contribution in [-0.2, 0) is 0 Å². The average molecular weight is 351 g/mol. The molecule has 0 saturated carbocycles. The SMILES string of the molecule is Cc1cccc(NC(=O)c2cc(O)ccc2[N+](=O)[O-])c1Br. The van der Waals surface area contributed by atoms with Gasteiger partial charge in [-0.3, -0.25) is 14.9 Å². The average Bonchev–Trinajstić information content (AvgIpc) is 2.43. The minimum atomic E-state index is -0.667. The van der Waals surface area contributed by atoms with E-state index in [1.54, 1.807) is 12.1 Å². The third kappa shape index (κ3) is 3.19. The van der Waals surface area contributed by atoms with E-state index < -0.39 is 10.8 Å². The van der Waals surface area contributed by atoms with E-state index in [-0.39, 0.29) is 17.0 Å². The summed E-state index contributed by atoms with van der Waals surface area (Å²) in [5.74, 6) is -0.877. The molecule has 0 heterocycles. The highest BCUT2D eigenvalue weighted by molar-refractivity contribution is 9.10. The molecule has 0 aromatic heterocycles. The fourth-order valence-electron chi connectivity index (χ4n) is 1.80. The smallest absolute Gasteiger partial charge is 0.282 e. The van der Waals surface area contributed by atoms with Gasteiger partial charge in [0.25, 0.3) is 11.6 Å². The van der Waals surface area contributed by atoms with Crippen molar-refractivity contribution >= 4 is 33.2 Å². The molecule has 6 nitrogen and oxygen atoms in total. The van der Waals surface area contributed by atoms with Crippen LogP contribution in [0.25, 0.3) is 0 Å². The fraction of sp³-hybridized carbons (Fsp3) is 0.0714. The number of aromatic hydroxyl groups is 1. The van der Waals surface area contributed by atoms with Gasteiger partial charge in [-0.1, -0.05) is 12.1 Å². The van der Waals surface area contributed by atoms with Crippen LogP contribution in [0.1, 0.15) is 15.9 Å². The minimum absolute atomic E-state index is 0.201. The van der Waals surface area contributed by atoms with E-state index >= 15 is 0 Å². The quantitative estimate of drug-likeness (QED) is 0.652. The number of rotatable bonds is 3. The second-order valence-corrected chi connectivity index (χ2v) is 5.14. The van der Waals surface area contributed by atoms with E-state index in [1.165, 1.54) is 0 Å². The summed E-state index contributed by atoms with van der Waals surface area (Å²) in [6.45, 7) is 1.86. The predicted octanol–water partition coefficient (Wildman–Crippen LogP) is 3.62. The molecule has 1 amide bonds. The van der Waals surface area contributed by atoms with Crippen molar-refractivity contribution in [1.82, 2.24) is 0 Å². The maximum absolute atomic E-state index is 12.2. The lowest BCUT2D eigenvalue weighted by Crippen LogP contribution is -2.14. The van der Waals surface area contributed by atoms with Gasteiger partial charge in [-0.2, -0.15) is 0 Å². The van der Waals surface area contributed by atoms with Crippen molar-refractivity contribution < 1.29 is 14.8 Å². The number of amides is 1. The van der Waals surface area contributed by atoms with Crippen LogP contribution in [0.2, 0.25) is 0 Å². The van der Waals surface area contributed by atoms with Crippen molar-refractivity contribution in [3.8, 4) is 5.75 Å². The molecule has 0 aliphatic rings. The first-order valence-corrected chi connectivity index (χ1v) is 6.73. The van der Waals surface area contributed by atoms with E-state index in [2.05, 4.69) is 21.2 Å². The molecule has 2 aromatic rings. The summed E-state index contributed by atoms with van der Waals surface area (Å²) in [5.41, 5.74) is 0.846. The van der Waals surface area contributed by atoms with E-state index in [0.717, 1.165) is 23.8 Å². The number of carbonyl (C=O) groups is 1. The number of nitro benzene ring substituents is 1. The summed E-state index contributed by atoms with van der Waals surface area (Å²) >= 11 is 3.35. The summed E-state index contributed by atoms with van der Waals surface area (Å²) in [4.78, 5) is 22.5. The Morgan fingerprint density at radius 1 is 1.33 bits per heavy atom. The monoisotopic (exact) mass is 350 g/mol. The Labute approximate surface area is 128 Å². The van der Waals surface area contributed by atoms with Gasteiger partial charge in [-0.15, -0.1) is 0 Å². The Morgan fingerprint density at radius 3 is 2.71 bits per heavy atom. The number of nitrogens with zero attached hydrogens (tertiary/aromatic N) is 1. The first kappa shape index (κ1) is 15.0. The van der Waals surface area contributed by atoms with Gasteiger partial charge in [-0.25, -0.2) is 0 Å². The topological polar surface area (TPSA) is 92.5 Å². The van der Waals surface area contributed by atoms with Gasteiger partial charge in [0.2, 0.25) is 0 Å². The number of hydrogen-bond donors (Lipinski definition) is 2. The molecule has 0 fully saturated rings. The molecule has 0 aliphatic carbocycles. The second-order valence-electron chi connectivity index (χ2n) is 4.35. The first-order valence-electron chi connectivity index (χ1n) is 5.94. The molecular weight excluding hydrogens is 340 g/mol. The van der Waals surface area contributed by atoms with E-state index in [0.29, 0.717) is 10.2 Å². The van der Waals surface area contributed by atoms with Crippen molar-refractivity contribution in [3.05, 3.63) is 62.1 Å². The molecule has 0 atom stereocenters. The molecule has 0 spiro atoms. The summed E-state index contributed by atoms with van der Waals surface area (Å²) in [5, 5.41) is 23.0. The number of halogens is 1. The molecule has 108 valence electrons. The van der Waals surface area contributed by atoms with Crippen LogP contribution in [0, 0.1) is 17.0 Å². The summed E-state index contributed by atoms with van der Waals surface area (Å²) < 4.78 is 0.696. The van der Waals surface area contributed by atoms with Gasteiger partial charge in [0.15, 0.2) is 0 Å². The first-order chi connectivity index (χ1) is 9.90. The minimum Gasteiger partial charge on any atom is -0.508 e. The Balaban J connectivity index is 2.39. The van der Waals surface area contributed by atoms with Crippen LogP contribution in [-0.4, -0.2) is 15.9 Å². The molecular formula is C14H11BrN2O4. The van der Waals surface area contributed by atoms with E-state index in [1.807, 2.05) is 13.0 Å². The Hall–Kier alpha value is -2.41. The van der Waals surface area contributed by atoms with Gasteiger partial charge < -0.3 is 10.4 Å². The van der Waals surface area contributed by atoms with Crippen LogP contribution in [0.4, 0.5) is 11.4 Å². The Kier molecular flexibility index (Phi) is 4.23. The lowest BCUT2D eigenvalue weighted by molar-refractivity contribution is -0.385. The number of phenols is 1. The zero-order valence-electron chi connectivity index (χ0n) is 11.0. The summed E-state index contributed by atoms with van der Waals surface area (Å²) in [6.07, 6.45) is 0. The van der Waals surface area contributed by atoms with Gasteiger partial charge in [0.05, 0.1) is 10.6 Å². The molecule has 0 unspecified atom stereocenters. The highest BCUT2D eigenvalue weighted by Gasteiger charge is 2.21. The maximum atomic E-state index is 12.2. The zero-order valence-corrected chi connectivity index (χ0v) is 12.5. The van der Waals surface area contributed by atoms with Gasteiger partial charge in [-0.05, 0) is 46.6 Å². The van der Waals surface area contributed by atoms with Gasteiger partial charge >= 0.3 is 0 Å². The number of hydrogen-bond acceptors (Lipinski definition) is 4. The van der Waals surface area contributed by atoms with E-state index in [9.17, 15) is 20.0 Å². The fourth-order valence-corrected chi connectivity index (χ4v) is 2.16. The molecule has 0 radical (unpaired) electrons. The van der Waals surface area contributed by atoms with Crippen LogP contribution in [0.3, 0.4) is 0 Å². The summed E-state index contributed by atoms with van der Waals surface area (Å²) in [6, 6.07) is 8.61. The largest absolute Gasteiger partial charge is 0.508 e. The standard InChI is InChI=1S/C14H11BrN2O4/c1-8-3-2-4-11(13(8)15)16-14(19)10-7-9(18)5-6-12(10)17(20)21/h2-7,18H,1H3,(H,16,19). The Morgan fingerprint density at radius 2 is 2.05 bits per heavy atom. The highest BCUT2D eigenvalue weighted by atomic mass is 79.9. The molecule has 21 heavy (non-hydrogen) atoms. The lowest BCUT2D eigenvalue weighted by Gasteiger charge is -2.09. The molecule has 0 saturated heterocycles. The maximum Gasteiger partial charge on any atom is 0.282 e. The van der Waals surface area contributed by atoms with Crippen molar-refractivity contribution in [2.75, 3.05) is 5.32 Å². The zero-order chi connectivity index (χ0) is 15.6. The molecule has 2 rings (SSSR count). The van der Waals surface area contributed by atoms with Crippen molar-refractivity contribution in [2.45, 2.75) is 6.92 Å². The van der Waals surface area contributed by atoms with E-state index in [4.69, 9.17) is 0 Å². The number of benzene rings is 2. The van der Waals surface area contributed by atoms with Gasteiger partial charge in [0, 0.05) is 10.5 Å². The predicted molar refractivity (Wildman–Crippen MR) is 81.6 cm³/mol. The normalized spacial score (nSPS) is 10.2. The number of carbonyl (C=O) groups excluding carboxylic acids is 1. The van der Waals surface area contributed by atoms with Crippen molar-refractivity contribution in [2.24, 2.45) is 0 Å². The molecule has 2 N–H and O–H groups in total. The number of phenolic OH excluding ortho intramolecular Hbond substituents is 1. The number of nitro groups is 1. The molecule has 7 heteroatoms. The van der Waals surface area contributed by atoms with Crippen LogP contribution in [0.15, 0.2) is 40.9 Å². The third-order valence-corrected chi connectivity index (χ3v) is 3.91.